The summed E-state index contributed by atoms with van der Waals surface area (Å²) in [5.74, 6) is -0.634. The fourth-order valence-electron chi connectivity index (χ4n) is 2.85. The van der Waals surface area contributed by atoms with Crippen LogP contribution in [0.4, 0.5) is 0 Å². The van der Waals surface area contributed by atoms with E-state index in [4.69, 9.17) is 10.8 Å². The van der Waals surface area contributed by atoms with Gasteiger partial charge in [0.2, 0.25) is 0 Å². The van der Waals surface area contributed by atoms with Crippen LogP contribution in [0.25, 0.3) is 0 Å². The van der Waals surface area contributed by atoms with Crippen molar-refractivity contribution in [2.75, 3.05) is 0 Å². The van der Waals surface area contributed by atoms with Gasteiger partial charge in [-0.1, -0.05) is 12.8 Å². The van der Waals surface area contributed by atoms with Crippen molar-refractivity contribution in [2.45, 2.75) is 44.1 Å². The number of nitrogens with two attached hydrogens (primary N) is 1. The molecule has 0 unspecified atom stereocenters. The van der Waals surface area contributed by atoms with Crippen LogP contribution in [0.3, 0.4) is 0 Å². The summed E-state index contributed by atoms with van der Waals surface area (Å²) in [5.41, 5.74) is 5.43. The Kier molecular flexibility index (Phi) is 2.61. The largest absolute Gasteiger partial charge is 0.481 e. The van der Waals surface area contributed by atoms with Gasteiger partial charge in [0.1, 0.15) is 0 Å². The van der Waals surface area contributed by atoms with Crippen molar-refractivity contribution in [2.24, 2.45) is 11.1 Å². The van der Waals surface area contributed by atoms with Gasteiger partial charge in [0.15, 0.2) is 0 Å². The number of hydrogen-bond donors (Lipinski definition) is 2. The lowest BCUT2D eigenvalue weighted by Crippen LogP contribution is -2.59. The number of carbonyl (C=O) groups is 1. The molecule has 3 aliphatic rings. The second-order valence-corrected chi connectivity index (χ2v) is 4.51. The van der Waals surface area contributed by atoms with Crippen molar-refractivity contribution in [1.29, 1.82) is 0 Å². The van der Waals surface area contributed by atoms with E-state index in [9.17, 15) is 4.79 Å². The molecule has 0 radical (unpaired) electrons. The molecular weight excluding hydrogens is 190 g/mol. The molecule has 0 heterocycles. The summed E-state index contributed by atoms with van der Waals surface area (Å²) in [7, 11) is 0. The lowest BCUT2D eigenvalue weighted by atomic mass is 9.57. The fraction of sp³-hybridized carbons (Fsp3) is 0.889. The molecule has 3 aliphatic carbocycles. The Morgan fingerprint density at radius 2 is 1.77 bits per heavy atom. The molecule has 0 aliphatic heterocycles. The summed E-state index contributed by atoms with van der Waals surface area (Å²) in [6.45, 7) is 0. The molecule has 3 nitrogen and oxygen atoms in total. The van der Waals surface area contributed by atoms with Gasteiger partial charge in [-0.25, -0.2) is 0 Å². The van der Waals surface area contributed by atoms with Crippen molar-refractivity contribution in [3.63, 3.8) is 0 Å². The van der Waals surface area contributed by atoms with Crippen LogP contribution < -0.4 is 5.73 Å². The second-order valence-electron chi connectivity index (χ2n) is 4.51. The smallest absolute Gasteiger partial charge is 0.309 e. The van der Waals surface area contributed by atoms with Crippen LogP contribution in [0.2, 0.25) is 0 Å². The zero-order chi connectivity index (χ0) is 8.82. The molecule has 0 atom stereocenters. The van der Waals surface area contributed by atoms with Gasteiger partial charge >= 0.3 is 5.97 Å². The van der Waals surface area contributed by atoms with Gasteiger partial charge in [0.05, 0.1) is 5.41 Å². The predicted octanol–water partition coefficient (Wildman–Crippen LogP) is 1.54. The van der Waals surface area contributed by atoms with Crippen molar-refractivity contribution >= 4 is 18.4 Å². The normalized spacial score (nSPS) is 42.5. The first-order valence-electron chi connectivity index (χ1n) is 4.59. The van der Waals surface area contributed by atoms with E-state index in [1.165, 1.54) is 0 Å². The van der Waals surface area contributed by atoms with Gasteiger partial charge in [-0.15, -0.1) is 12.4 Å². The van der Waals surface area contributed by atoms with E-state index < -0.39 is 11.4 Å². The second kappa shape index (κ2) is 3.14. The van der Waals surface area contributed by atoms with Crippen LogP contribution in [0.15, 0.2) is 0 Å². The molecule has 0 aromatic rings. The molecular formula is C9H16ClNO2. The Hall–Kier alpha value is -0.280. The minimum absolute atomic E-state index is 0. The maximum absolute atomic E-state index is 11.0. The lowest BCUT2D eigenvalue weighted by molar-refractivity contribution is -0.159. The molecule has 3 N–H and O–H groups in total. The Bertz CT molecular complexity index is 224. The number of fused-ring (bicyclic) bond motifs is 3. The van der Waals surface area contributed by atoms with E-state index >= 15 is 0 Å². The third-order valence-electron chi connectivity index (χ3n) is 3.41. The van der Waals surface area contributed by atoms with Gasteiger partial charge in [-0.2, -0.15) is 0 Å². The van der Waals surface area contributed by atoms with Crippen molar-refractivity contribution in [1.82, 2.24) is 0 Å². The summed E-state index contributed by atoms with van der Waals surface area (Å²) < 4.78 is 0. The zero-order valence-corrected chi connectivity index (χ0v) is 8.40. The van der Waals surface area contributed by atoms with Gasteiger partial charge in [-0.3, -0.25) is 4.79 Å². The van der Waals surface area contributed by atoms with Crippen molar-refractivity contribution < 1.29 is 9.90 Å². The monoisotopic (exact) mass is 205 g/mol. The summed E-state index contributed by atoms with van der Waals surface area (Å²) >= 11 is 0. The van der Waals surface area contributed by atoms with Gasteiger partial charge in [0.25, 0.3) is 0 Å². The Morgan fingerprint density at radius 1 is 1.23 bits per heavy atom. The first-order valence-corrected chi connectivity index (χ1v) is 4.59. The molecule has 3 rings (SSSR count). The van der Waals surface area contributed by atoms with E-state index in [1.807, 2.05) is 0 Å². The summed E-state index contributed by atoms with van der Waals surface area (Å²) in [5, 5.41) is 9.02. The van der Waals surface area contributed by atoms with E-state index in [0.717, 1.165) is 25.7 Å². The maximum Gasteiger partial charge on any atom is 0.309 e. The highest BCUT2D eigenvalue weighted by molar-refractivity contribution is 5.85. The van der Waals surface area contributed by atoms with Crippen LogP contribution in [0, 0.1) is 5.41 Å². The fourth-order valence-corrected chi connectivity index (χ4v) is 2.85. The van der Waals surface area contributed by atoms with Gasteiger partial charge in [-0.05, 0) is 25.7 Å². The van der Waals surface area contributed by atoms with Crippen LogP contribution in [-0.2, 0) is 4.79 Å². The third kappa shape index (κ3) is 1.55. The van der Waals surface area contributed by atoms with Gasteiger partial charge in [0, 0.05) is 5.54 Å². The minimum atomic E-state index is -0.634. The first-order chi connectivity index (χ1) is 5.56. The van der Waals surface area contributed by atoms with E-state index in [-0.39, 0.29) is 17.9 Å². The number of hydrogen-bond acceptors (Lipinski definition) is 2. The molecule has 0 spiro atoms. The highest BCUT2D eigenvalue weighted by atomic mass is 35.5. The quantitative estimate of drug-likeness (QED) is 0.683. The van der Waals surface area contributed by atoms with E-state index in [2.05, 4.69) is 0 Å². The molecule has 3 saturated carbocycles. The molecule has 4 heteroatoms. The number of aliphatic carboxylic acids is 1. The average molecular weight is 206 g/mol. The SMILES string of the molecule is Cl.NC12CCCCC(C(=O)O)(C1)C2. The predicted molar refractivity (Wildman–Crippen MR) is 51.9 cm³/mol. The summed E-state index contributed by atoms with van der Waals surface area (Å²) in [6, 6.07) is 0. The molecule has 0 aromatic heterocycles. The highest BCUT2D eigenvalue weighted by Crippen LogP contribution is 2.55. The molecule has 76 valence electrons. The maximum atomic E-state index is 11.0. The number of carboxylic acids is 1. The number of carboxylic acid groups (broad SMARTS) is 1. The van der Waals surface area contributed by atoms with Crippen molar-refractivity contribution in [3.05, 3.63) is 0 Å². The molecule has 2 bridgehead atoms. The summed E-state index contributed by atoms with van der Waals surface area (Å²) in [4.78, 5) is 11.0. The van der Waals surface area contributed by atoms with Crippen LogP contribution in [-0.4, -0.2) is 16.6 Å². The molecule has 0 saturated heterocycles. The topological polar surface area (TPSA) is 63.3 Å². The standard InChI is InChI=1S/C9H15NO2.ClH/c10-9-4-2-1-3-8(5-9,6-9)7(11)12;/h1-6,10H2,(H,11,12);1H. The first kappa shape index (κ1) is 10.8. The van der Waals surface area contributed by atoms with Crippen molar-refractivity contribution in [3.8, 4) is 0 Å². The Morgan fingerprint density at radius 3 is 2.31 bits per heavy atom. The molecule has 3 fully saturated rings. The Labute approximate surface area is 84.1 Å². The Balaban J connectivity index is 0.000000845. The highest BCUT2D eigenvalue weighted by Gasteiger charge is 2.57. The van der Waals surface area contributed by atoms with Crippen LogP contribution in [0.5, 0.6) is 0 Å². The van der Waals surface area contributed by atoms with E-state index in [0.29, 0.717) is 12.8 Å². The summed E-state index contributed by atoms with van der Waals surface area (Å²) in [6.07, 6.45) is 5.39. The third-order valence-corrected chi connectivity index (χ3v) is 3.41. The average Bonchev–Trinajstić information content (AvgIpc) is 2.16. The molecule has 0 amide bonds. The minimum Gasteiger partial charge on any atom is -0.481 e. The van der Waals surface area contributed by atoms with Gasteiger partial charge < -0.3 is 10.8 Å². The van der Waals surface area contributed by atoms with Crippen LogP contribution >= 0.6 is 12.4 Å². The zero-order valence-electron chi connectivity index (χ0n) is 7.58. The van der Waals surface area contributed by atoms with Crippen LogP contribution in [0.1, 0.15) is 38.5 Å². The van der Waals surface area contributed by atoms with E-state index in [1.54, 1.807) is 0 Å². The lowest BCUT2D eigenvalue weighted by Gasteiger charge is -2.50. The number of halogens is 1. The molecule has 0 aromatic carbocycles. The molecule has 13 heavy (non-hydrogen) atoms. The number of rotatable bonds is 1.